The third-order valence-corrected chi connectivity index (χ3v) is 4.80. The molecule has 0 amide bonds. The molecule has 2 aromatic carbocycles. The maximum atomic E-state index is 12.9. The molecule has 0 spiro atoms. The fourth-order valence-electron chi connectivity index (χ4n) is 3.25. The highest BCUT2D eigenvalue weighted by atomic mass is 35.5. The van der Waals surface area contributed by atoms with E-state index in [2.05, 4.69) is 4.57 Å². The number of halogens is 2. The van der Waals surface area contributed by atoms with E-state index in [-0.39, 0.29) is 24.8 Å². The predicted molar refractivity (Wildman–Crippen MR) is 101 cm³/mol. The Morgan fingerprint density at radius 1 is 1.15 bits per heavy atom. The fourth-order valence-corrected chi connectivity index (χ4v) is 3.25. The van der Waals surface area contributed by atoms with Crippen LogP contribution in [0.15, 0.2) is 48.5 Å². The van der Waals surface area contributed by atoms with E-state index in [0.717, 1.165) is 29.7 Å². The van der Waals surface area contributed by atoms with Crippen molar-refractivity contribution in [2.24, 2.45) is 0 Å². The van der Waals surface area contributed by atoms with Crippen molar-refractivity contribution < 1.29 is 14.2 Å². The van der Waals surface area contributed by atoms with Crippen molar-refractivity contribution in [3.05, 3.63) is 60.2 Å². The number of nitrogens with zero attached hydrogens (tertiary/aromatic N) is 2. The first-order chi connectivity index (χ1) is 12.2. The summed E-state index contributed by atoms with van der Waals surface area (Å²) < 4.78 is 20.6. The van der Waals surface area contributed by atoms with Crippen molar-refractivity contribution in [2.45, 2.75) is 37.8 Å². The van der Waals surface area contributed by atoms with Gasteiger partial charge in [-0.25, -0.2) is 9.37 Å². The van der Waals surface area contributed by atoms with E-state index in [1.165, 1.54) is 18.6 Å². The van der Waals surface area contributed by atoms with Crippen molar-refractivity contribution in [1.29, 1.82) is 0 Å². The topological polar surface area (TPSA) is 47.3 Å². The Labute approximate surface area is 158 Å². The van der Waals surface area contributed by atoms with Crippen LogP contribution in [0.5, 0.6) is 5.75 Å². The molecule has 26 heavy (non-hydrogen) atoms. The normalized spacial score (nSPS) is 15.3. The van der Waals surface area contributed by atoms with E-state index < -0.39 is 6.10 Å². The molecule has 1 aliphatic rings. The van der Waals surface area contributed by atoms with Crippen LogP contribution in [0.3, 0.4) is 0 Å². The van der Waals surface area contributed by atoms with Gasteiger partial charge in [-0.15, -0.1) is 12.4 Å². The zero-order valence-electron chi connectivity index (χ0n) is 14.3. The smallest absolute Gasteiger partial charge is 0.123 e. The van der Waals surface area contributed by atoms with E-state index in [4.69, 9.17) is 9.72 Å². The summed E-state index contributed by atoms with van der Waals surface area (Å²) in [6.07, 6.45) is 2.89. The molecular weight excluding hydrogens is 355 g/mol. The van der Waals surface area contributed by atoms with E-state index >= 15 is 0 Å². The number of fused-ring (bicyclic) bond motifs is 1. The number of imidazole rings is 1. The van der Waals surface area contributed by atoms with Crippen molar-refractivity contribution >= 4 is 23.4 Å². The SMILES string of the molecule is Cl.OC(COc1ccc(F)cc1)Cn1c(C2CCC2)nc2ccccc21. The number of aromatic nitrogens is 2. The average Bonchev–Trinajstić information content (AvgIpc) is 2.91. The molecular formula is C20H22ClFN2O2. The number of hydrogen-bond donors (Lipinski definition) is 1. The molecule has 1 aliphatic carbocycles. The number of para-hydroxylation sites is 2. The first-order valence-corrected chi connectivity index (χ1v) is 8.72. The number of aliphatic hydroxyl groups is 1. The van der Waals surface area contributed by atoms with E-state index in [0.29, 0.717) is 18.2 Å². The Morgan fingerprint density at radius 2 is 1.88 bits per heavy atom. The minimum absolute atomic E-state index is 0. The van der Waals surface area contributed by atoms with Crippen LogP contribution >= 0.6 is 12.4 Å². The minimum atomic E-state index is -0.665. The lowest BCUT2D eigenvalue weighted by atomic mass is 9.85. The molecule has 0 radical (unpaired) electrons. The van der Waals surface area contributed by atoms with Crippen molar-refractivity contribution in [3.8, 4) is 5.75 Å². The largest absolute Gasteiger partial charge is 0.491 e. The molecule has 4 nitrogen and oxygen atoms in total. The predicted octanol–water partition coefficient (Wildman–Crippen LogP) is 4.30. The molecule has 0 aliphatic heterocycles. The van der Waals surface area contributed by atoms with Gasteiger partial charge >= 0.3 is 0 Å². The van der Waals surface area contributed by atoms with Gasteiger partial charge in [0.15, 0.2) is 0 Å². The summed E-state index contributed by atoms with van der Waals surface area (Å²) in [5.41, 5.74) is 2.02. The number of rotatable bonds is 6. The van der Waals surface area contributed by atoms with Gasteiger partial charge < -0.3 is 14.4 Å². The number of benzene rings is 2. The van der Waals surface area contributed by atoms with Gasteiger partial charge in [0.2, 0.25) is 0 Å². The van der Waals surface area contributed by atoms with Crippen LogP contribution in [-0.2, 0) is 6.54 Å². The first kappa shape index (κ1) is 18.7. The maximum Gasteiger partial charge on any atom is 0.123 e. The Morgan fingerprint density at radius 3 is 2.58 bits per heavy atom. The summed E-state index contributed by atoms with van der Waals surface area (Å²) in [5, 5.41) is 10.4. The highest BCUT2D eigenvalue weighted by Gasteiger charge is 2.26. The molecule has 1 saturated carbocycles. The Kier molecular flexibility index (Phi) is 5.79. The van der Waals surface area contributed by atoms with Crippen LogP contribution in [0.1, 0.15) is 31.0 Å². The Bertz CT molecular complexity index is 862. The average molecular weight is 377 g/mol. The first-order valence-electron chi connectivity index (χ1n) is 8.72. The summed E-state index contributed by atoms with van der Waals surface area (Å²) in [4.78, 5) is 4.79. The van der Waals surface area contributed by atoms with Gasteiger partial charge in [0.05, 0.1) is 17.6 Å². The third kappa shape index (κ3) is 3.84. The zero-order valence-corrected chi connectivity index (χ0v) is 15.2. The van der Waals surface area contributed by atoms with Gasteiger partial charge in [-0.3, -0.25) is 0 Å². The van der Waals surface area contributed by atoms with E-state index in [1.54, 1.807) is 12.1 Å². The standard InChI is InChI=1S/C20H21FN2O2.ClH/c21-15-8-10-17(11-9-15)25-13-16(24)12-23-19-7-2-1-6-18(19)22-20(23)14-4-3-5-14;/h1-2,6-11,14,16,24H,3-5,12-13H2;1H. The van der Waals surface area contributed by atoms with Crippen LogP contribution in [0.25, 0.3) is 11.0 Å². The molecule has 138 valence electrons. The summed E-state index contributed by atoms with van der Waals surface area (Å²) >= 11 is 0. The van der Waals surface area contributed by atoms with E-state index in [1.807, 2.05) is 24.3 Å². The molecule has 3 aromatic rings. The lowest BCUT2D eigenvalue weighted by Crippen LogP contribution is -2.26. The highest BCUT2D eigenvalue weighted by molar-refractivity contribution is 5.85. The van der Waals surface area contributed by atoms with Crippen molar-refractivity contribution in [1.82, 2.24) is 9.55 Å². The van der Waals surface area contributed by atoms with Crippen LogP contribution in [0, 0.1) is 5.82 Å². The Hall–Kier alpha value is -2.11. The zero-order chi connectivity index (χ0) is 17.2. The van der Waals surface area contributed by atoms with Gasteiger partial charge in [0, 0.05) is 5.92 Å². The van der Waals surface area contributed by atoms with E-state index in [9.17, 15) is 9.50 Å². The minimum Gasteiger partial charge on any atom is -0.491 e. The number of ether oxygens (including phenoxy) is 1. The highest BCUT2D eigenvalue weighted by Crippen LogP contribution is 2.37. The van der Waals surface area contributed by atoms with Crippen molar-refractivity contribution in [3.63, 3.8) is 0 Å². The molecule has 1 N–H and O–H groups in total. The molecule has 4 rings (SSSR count). The second kappa shape index (κ2) is 8.06. The van der Waals surface area contributed by atoms with Crippen LogP contribution in [-0.4, -0.2) is 27.4 Å². The van der Waals surface area contributed by atoms with Crippen molar-refractivity contribution in [2.75, 3.05) is 6.61 Å². The van der Waals surface area contributed by atoms with Gasteiger partial charge in [0.1, 0.15) is 30.1 Å². The van der Waals surface area contributed by atoms with Crippen LogP contribution in [0.4, 0.5) is 4.39 Å². The number of hydrogen-bond acceptors (Lipinski definition) is 3. The Balaban J connectivity index is 0.00000196. The lowest BCUT2D eigenvalue weighted by Gasteiger charge is -2.26. The molecule has 1 aromatic heterocycles. The van der Waals surface area contributed by atoms with Gasteiger partial charge in [-0.2, -0.15) is 0 Å². The molecule has 1 atom stereocenters. The molecule has 0 saturated heterocycles. The summed E-state index contributed by atoms with van der Waals surface area (Å²) in [6, 6.07) is 13.8. The lowest BCUT2D eigenvalue weighted by molar-refractivity contribution is 0.0919. The number of aliphatic hydroxyl groups excluding tert-OH is 1. The molecule has 6 heteroatoms. The maximum absolute atomic E-state index is 12.9. The quantitative estimate of drug-likeness (QED) is 0.697. The third-order valence-electron chi connectivity index (χ3n) is 4.80. The second-order valence-corrected chi connectivity index (χ2v) is 6.62. The fraction of sp³-hybridized carbons (Fsp3) is 0.350. The summed E-state index contributed by atoms with van der Waals surface area (Å²) in [6.45, 7) is 0.593. The van der Waals surface area contributed by atoms with Crippen LogP contribution in [0.2, 0.25) is 0 Å². The summed E-state index contributed by atoms with van der Waals surface area (Å²) in [7, 11) is 0. The van der Waals surface area contributed by atoms with Gasteiger partial charge in [-0.1, -0.05) is 18.6 Å². The summed E-state index contributed by atoms with van der Waals surface area (Å²) in [5.74, 6) is 1.80. The van der Waals surface area contributed by atoms with Gasteiger partial charge in [0.25, 0.3) is 0 Å². The monoisotopic (exact) mass is 376 g/mol. The second-order valence-electron chi connectivity index (χ2n) is 6.62. The molecule has 1 unspecified atom stereocenters. The molecule has 1 heterocycles. The van der Waals surface area contributed by atoms with Crippen LogP contribution < -0.4 is 4.74 Å². The van der Waals surface area contributed by atoms with Gasteiger partial charge in [-0.05, 0) is 49.2 Å². The molecule has 0 bridgehead atoms. The molecule has 1 fully saturated rings.